The largest absolute Gasteiger partial charge is 0.493 e. The average molecular weight is 235 g/mol. The monoisotopic (exact) mass is 235 g/mol. The third-order valence-corrected chi connectivity index (χ3v) is 3.53. The molecule has 0 unspecified atom stereocenters. The highest BCUT2D eigenvalue weighted by Crippen LogP contribution is 2.38. The number of methoxy groups -OCH3 is 1. The molecule has 0 aliphatic heterocycles. The summed E-state index contributed by atoms with van der Waals surface area (Å²) in [6.07, 6.45) is 3.81. The summed E-state index contributed by atoms with van der Waals surface area (Å²) >= 11 is 0. The van der Waals surface area contributed by atoms with Gasteiger partial charge in [0.15, 0.2) is 11.5 Å². The molecule has 1 saturated carbocycles. The zero-order valence-corrected chi connectivity index (χ0v) is 10.6. The van der Waals surface area contributed by atoms with Crippen LogP contribution < -0.4 is 15.2 Å². The second kappa shape index (κ2) is 5.41. The first-order chi connectivity index (χ1) is 8.26. The summed E-state index contributed by atoms with van der Waals surface area (Å²) in [6.45, 7) is 2.61. The van der Waals surface area contributed by atoms with Crippen molar-refractivity contribution in [3.8, 4) is 11.5 Å². The minimum absolute atomic E-state index is 0.133. The number of rotatable bonds is 5. The standard InChI is InChI=1S/C14H21NO2/c1-3-17-12-8-7-11(9-13(12)16-2)14(15)10-5-4-6-10/h7-10,14H,3-6,15H2,1-2H3/t14-/m0/s1. The van der Waals surface area contributed by atoms with E-state index in [1.54, 1.807) is 7.11 Å². The maximum atomic E-state index is 6.25. The molecule has 2 rings (SSSR count). The van der Waals surface area contributed by atoms with E-state index >= 15 is 0 Å². The van der Waals surface area contributed by atoms with Crippen LogP contribution in [0.5, 0.6) is 11.5 Å². The fraction of sp³-hybridized carbons (Fsp3) is 0.571. The van der Waals surface area contributed by atoms with E-state index in [4.69, 9.17) is 15.2 Å². The molecule has 1 aliphatic carbocycles. The molecular formula is C14H21NO2. The highest BCUT2D eigenvalue weighted by atomic mass is 16.5. The predicted molar refractivity (Wildman–Crippen MR) is 68.4 cm³/mol. The quantitative estimate of drug-likeness (QED) is 0.853. The summed E-state index contributed by atoms with van der Waals surface area (Å²) in [5, 5.41) is 0. The third kappa shape index (κ3) is 2.55. The maximum Gasteiger partial charge on any atom is 0.161 e. The van der Waals surface area contributed by atoms with Crippen LogP contribution in [0.2, 0.25) is 0 Å². The van der Waals surface area contributed by atoms with Gasteiger partial charge in [-0.3, -0.25) is 0 Å². The van der Waals surface area contributed by atoms with Gasteiger partial charge in [0.25, 0.3) is 0 Å². The Morgan fingerprint density at radius 1 is 1.35 bits per heavy atom. The van der Waals surface area contributed by atoms with Crippen LogP contribution in [0.3, 0.4) is 0 Å². The summed E-state index contributed by atoms with van der Waals surface area (Å²) in [5.74, 6) is 2.20. The summed E-state index contributed by atoms with van der Waals surface area (Å²) < 4.78 is 10.8. The van der Waals surface area contributed by atoms with E-state index in [2.05, 4.69) is 6.07 Å². The summed E-state index contributed by atoms with van der Waals surface area (Å²) in [4.78, 5) is 0. The zero-order chi connectivity index (χ0) is 12.3. The molecule has 0 aromatic heterocycles. The fourth-order valence-corrected chi connectivity index (χ4v) is 2.24. The van der Waals surface area contributed by atoms with Crippen LogP contribution >= 0.6 is 0 Å². The van der Waals surface area contributed by atoms with Gasteiger partial charge in [-0.25, -0.2) is 0 Å². The molecule has 0 spiro atoms. The molecule has 2 N–H and O–H groups in total. The minimum atomic E-state index is 0.133. The van der Waals surface area contributed by atoms with Gasteiger partial charge in [0.2, 0.25) is 0 Å². The van der Waals surface area contributed by atoms with Crippen LogP contribution in [0.4, 0.5) is 0 Å². The van der Waals surface area contributed by atoms with Crippen molar-refractivity contribution in [2.24, 2.45) is 11.7 Å². The smallest absolute Gasteiger partial charge is 0.161 e. The van der Waals surface area contributed by atoms with Crippen LogP contribution in [0.25, 0.3) is 0 Å². The number of hydrogen-bond donors (Lipinski definition) is 1. The molecule has 1 aromatic carbocycles. The van der Waals surface area contributed by atoms with E-state index < -0.39 is 0 Å². The van der Waals surface area contributed by atoms with Crippen LogP contribution in [-0.4, -0.2) is 13.7 Å². The van der Waals surface area contributed by atoms with Crippen molar-refractivity contribution in [2.45, 2.75) is 32.2 Å². The summed E-state index contributed by atoms with van der Waals surface area (Å²) in [7, 11) is 1.66. The molecule has 0 bridgehead atoms. The minimum Gasteiger partial charge on any atom is -0.493 e. The van der Waals surface area contributed by atoms with Crippen molar-refractivity contribution in [2.75, 3.05) is 13.7 Å². The molecule has 0 amide bonds. The van der Waals surface area contributed by atoms with Crippen molar-refractivity contribution < 1.29 is 9.47 Å². The zero-order valence-electron chi connectivity index (χ0n) is 10.6. The van der Waals surface area contributed by atoms with Gasteiger partial charge in [-0.1, -0.05) is 12.5 Å². The van der Waals surface area contributed by atoms with Gasteiger partial charge in [-0.15, -0.1) is 0 Å². The first-order valence-corrected chi connectivity index (χ1v) is 6.32. The first kappa shape index (κ1) is 12.2. The molecule has 0 radical (unpaired) electrons. The molecule has 94 valence electrons. The molecule has 1 fully saturated rings. The molecular weight excluding hydrogens is 214 g/mol. The van der Waals surface area contributed by atoms with Gasteiger partial charge in [0.05, 0.1) is 13.7 Å². The first-order valence-electron chi connectivity index (χ1n) is 6.32. The highest BCUT2D eigenvalue weighted by Gasteiger charge is 2.26. The van der Waals surface area contributed by atoms with Crippen molar-refractivity contribution in [1.82, 2.24) is 0 Å². The second-order valence-electron chi connectivity index (χ2n) is 4.56. The van der Waals surface area contributed by atoms with Gasteiger partial charge in [-0.2, -0.15) is 0 Å². The number of nitrogens with two attached hydrogens (primary N) is 1. The van der Waals surface area contributed by atoms with Gasteiger partial charge >= 0.3 is 0 Å². The van der Waals surface area contributed by atoms with E-state index in [1.807, 2.05) is 19.1 Å². The van der Waals surface area contributed by atoms with Gasteiger partial charge < -0.3 is 15.2 Å². The Bertz CT molecular complexity index is 374. The predicted octanol–water partition coefficient (Wildman–Crippen LogP) is 2.89. The maximum absolute atomic E-state index is 6.25. The Labute approximate surface area is 103 Å². The fourth-order valence-electron chi connectivity index (χ4n) is 2.24. The molecule has 3 heteroatoms. The van der Waals surface area contributed by atoms with Crippen LogP contribution in [0.1, 0.15) is 37.8 Å². The van der Waals surface area contributed by atoms with Crippen molar-refractivity contribution in [3.05, 3.63) is 23.8 Å². The lowest BCUT2D eigenvalue weighted by atomic mass is 9.77. The van der Waals surface area contributed by atoms with E-state index in [-0.39, 0.29) is 6.04 Å². The number of hydrogen-bond acceptors (Lipinski definition) is 3. The number of benzene rings is 1. The molecule has 1 atom stereocenters. The topological polar surface area (TPSA) is 44.5 Å². The van der Waals surface area contributed by atoms with Crippen molar-refractivity contribution >= 4 is 0 Å². The Morgan fingerprint density at radius 2 is 2.12 bits per heavy atom. The summed E-state index contributed by atoms with van der Waals surface area (Å²) in [5.41, 5.74) is 7.40. The van der Waals surface area contributed by atoms with E-state index in [0.717, 1.165) is 17.1 Å². The van der Waals surface area contributed by atoms with E-state index in [1.165, 1.54) is 19.3 Å². The van der Waals surface area contributed by atoms with E-state index in [9.17, 15) is 0 Å². The van der Waals surface area contributed by atoms with Crippen LogP contribution in [-0.2, 0) is 0 Å². The molecule has 3 nitrogen and oxygen atoms in total. The Kier molecular flexibility index (Phi) is 3.89. The Balaban J connectivity index is 2.17. The van der Waals surface area contributed by atoms with Gasteiger partial charge in [0.1, 0.15) is 0 Å². The number of ether oxygens (including phenoxy) is 2. The molecule has 0 heterocycles. The van der Waals surface area contributed by atoms with Crippen LogP contribution in [0.15, 0.2) is 18.2 Å². The van der Waals surface area contributed by atoms with Crippen molar-refractivity contribution in [3.63, 3.8) is 0 Å². The highest BCUT2D eigenvalue weighted by molar-refractivity contribution is 5.44. The molecule has 1 aromatic rings. The third-order valence-electron chi connectivity index (χ3n) is 3.53. The molecule has 17 heavy (non-hydrogen) atoms. The van der Waals surface area contributed by atoms with Gasteiger partial charge in [-0.05, 0) is 43.4 Å². The second-order valence-corrected chi connectivity index (χ2v) is 4.56. The Hall–Kier alpha value is -1.22. The molecule has 1 aliphatic rings. The lowest BCUT2D eigenvalue weighted by Crippen LogP contribution is -2.26. The normalized spacial score (nSPS) is 17.4. The van der Waals surface area contributed by atoms with Gasteiger partial charge in [0, 0.05) is 6.04 Å². The lowest BCUT2D eigenvalue weighted by molar-refractivity contribution is 0.263. The van der Waals surface area contributed by atoms with E-state index in [0.29, 0.717) is 12.5 Å². The average Bonchev–Trinajstić information content (AvgIpc) is 2.27. The lowest BCUT2D eigenvalue weighted by Gasteiger charge is -2.31. The summed E-state index contributed by atoms with van der Waals surface area (Å²) in [6, 6.07) is 6.15. The van der Waals surface area contributed by atoms with Crippen LogP contribution in [0, 0.1) is 5.92 Å². The Morgan fingerprint density at radius 3 is 2.65 bits per heavy atom. The van der Waals surface area contributed by atoms with Crippen molar-refractivity contribution in [1.29, 1.82) is 0 Å². The SMILES string of the molecule is CCOc1ccc([C@@H](N)C2CCC2)cc1OC. The molecule has 0 saturated heterocycles.